The van der Waals surface area contributed by atoms with Gasteiger partial charge in [-0.15, -0.1) is 5.10 Å². The first kappa shape index (κ1) is 11.3. The van der Waals surface area contributed by atoms with E-state index in [1.165, 1.54) is 5.56 Å². The molecule has 0 saturated carbocycles. The summed E-state index contributed by atoms with van der Waals surface area (Å²) in [6.07, 6.45) is 1.88. The minimum Gasteiger partial charge on any atom is -0.323 e. The van der Waals surface area contributed by atoms with Gasteiger partial charge in [0.1, 0.15) is 0 Å². The Labute approximate surface area is 103 Å². The predicted molar refractivity (Wildman–Crippen MR) is 65.9 cm³/mol. The lowest BCUT2D eigenvalue weighted by Gasteiger charge is -2.01. The van der Waals surface area contributed by atoms with Crippen molar-refractivity contribution >= 4 is 15.9 Å². The third-order valence-corrected chi connectivity index (χ3v) is 2.81. The lowest BCUT2D eigenvalue weighted by atomic mass is 10.2. The highest BCUT2D eigenvalue weighted by Crippen LogP contribution is 2.12. The van der Waals surface area contributed by atoms with E-state index in [0.717, 1.165) is 10.2 Å². The molecule has 1 atom stereocenters. The van der Waals surface area contributed by atoms with Crippen molar-refractivity contribution in [2.24, 2.45) is 5.73 Å². The normalized spacial score (nSPS) is 12.7. The first-order valence-corrected chi connectivity index (χ1v) is 5.84. The Hall–Kier alpha value is -1.20. The van der Waals surface area contributed by atoms with Crippen molar-refractivity contribution in [1.82, 2.24) is 15.0 Å². The maximum atomic E-state index is 5.72. The monoisotopic (exact) mass is 280 g/mol. The molecule has 1 heterocycles. The molecule has 1 unspecified atom stereocenters. The molecule has 1 aromatic heterocycles. The molecule has 0 aliphatic carbocycles. The van der Waals surface area contributed by atoms with E-state index in [9.17, 15) is 0 Å². The highest BCUT2D eigenvalue weighted by molar-refractivity contribution is 9.10. The first-order valence-electron chi connectivity index (χ1n) is 5.05. The minimum absolute atomic E-state index is 0.0707. The second-order valence-corrected chi connectivity index (χ2v) is 4.67. The molecule has 1 aromatic carbocycles. The van der Waals surface area contributed by atoms with Gasteiger partial charge < -0.3 is 5.73 Å². The van der Waals surface area contributed by atoms with Crippen LogP contribution >= 0.6 is 15.9 Å². The molecule has 0 aliphatic rings. The lowest BCUT2D eigenvalue weighted by molar-refractivity contribution is 0.648. The zero-order valence-electron chi connectivity index (χ0n) is 8.97. The average molecular weight is 281 g/mol. The van der Waals surface area contributed by atoms with E-state index in [1.807, 2.05) is 25.3 Å². The molecule has 0 amide bonds. The Morgan fingerprint density at radius 1 is 1.38 bits per heavy atom. The average Bonchev–Trinajstić information content (AvgIpc) is 2.70. The minimum atomic E-state index is -0.0707. The van der Waals surface area contributed by atoms with Crippen LogP contribution in [0.5, 0.6) is 0 Å². The van der Waals surface area contributed by atoms with Gasteiger partial charge in [0, 0.05) is 10.5 Å². The van der Waals surface area contributed by atoms with Gasteiger partial charge in [-0.25, -0.2) is 4.68 Å². The fourth-order valence-corrected chi connectivity index (χ4v) is 1.64. The number of benzene rings is 1. The summed E-state index contributed by atoms with van der Waals surface area (Å²) in [4.78, 5) is 0. The van der Waals surface area contributed by atoms with Gasteiger partial charge in [0.05, 0.1) is 18.4 Å². The van der Waals surface area contributed by atoms with Gasteiger partial charge in [0.2, 0.25) is 0 Å². The quantitative estimate of drug-likeness (QED) is 0.937. The van der Waals surface area contributed by atoms with Crippen LogP contribution in [0.1, 0.15) is 24.2 Å². The van der Waals surface area contributed by atoms with E-state index in [-0.39, 0.29) is 6.04 Å². The summed E-state index contributed by atoms with van der Waals surface area (Å²) in [5.41, 5.74) is 7.72. The SMILES string of the molecule is CC(N)c1cn(Cc2ccc(Br)cc2)nn1. The smallest absolute Gasteiger partial charge is 0.0991 e. The Morgan fingerprint density at radius 2 is 2.06 bits per heavy atom. The number of nitrogens with two attached hydrogens (primary N) is 1. The summed E-state index contributed by atoms with van der Waals surface area (Å²) in [5.74, 6) is 0. The van der Waals surface area contributed by atoms with Crippen molar-refractivity contribution in [2.45, 2.75) is 19.5 Å². The fourth-order valence-electron chi connectivity index (χ4n) is 1.38. The van der Waals surface area contributed by atoms with Crippen molar-refractivity contribution in [3.05, 3.63) is 46.2 Å². The molecule has 2 N–H and O–H groups in total. The van der Waals surface area contributed by atoms with Crippen molar-refractivity contribution < 1.29 is 0 Å². The third kappa shape index (κ3) is 2.68. The Bertz CT molecular complexity index is 461. The lowest BCUT2D eigenvalue weighted by Crippen LogP contribution is -2.05. The van der Waals surface area contributed by atoms with Crippen molar-refractivity contribution in [2.75, 3.05) is 0 Å². The summed E-state index contributed by atoms with van der Waals surface area (Å²) >= 11 is 3.40. The number of hydrogen-bond donors (Lipinski definition) is 1. The maximum Gasteiger partial charge on any atom is 0.0991 e. The summed E-state index contributed by atoms with van der Waals surface area (Å²) in [7, 11) is 0. The van der Waals surface area contributed by atoms with Crippen molar-refractivity contribution in [3.8, 4) is 0 Å². The molecule has 16 heavy (non-hydrogen) atoms. The van der Waals surface area contributed by atoms with Crippen LogP contribution in [0.2, 0.25) is 0 Å². The Kier molecular flexibility index (Phi) is 3.36. The maximum absolute atomic E-state index is 5.72. The number of rotatable bonds is 3. The van der Waals surface area contributed by atoms with Gasteiger partial charge in [-0.05, 0) is 24.6 Å². The van der Waals surface area contributed by atoms with Crippen molar-refractivity contribution in [3.63, 3.8) is 0 Å². The summed E-state index contributed by atoms with van der Waals surface area (Å²) in [6, 6.07) is 8.06. The van der Waals surface area contributed by atoms with Crippen LogP contribution in [-0.2, 0) is 6.54 Å². The highest BCUT2D eigenvalue weighted by atomic mass is 79.9. The molecule has 0 saturated heterocycles. The molecular weight excluding hydrogens is 268 g/mol. The van der Waals surface area contributed by atoms with Crippen LogP contribution in [0.4, 0.5) is 0 Å². The van der Waals surface area contributed by atoms with Crippen LogP contribution in [0.3, 0.4) is 0 Å². The molecular formula is C11H13BrN4. The number of halogens is 1. The predicted octanol–water partition coefficient (Wildman–Crippen LogP) is 2.11. The van der Waals surface area contributed by atoms with E-state index in [1.54, 1.807) is 4.68 Å². The van der Waals surface area contributed by atoms with Gasteiger partial charge in [-0.2, -0.15) is 0 Å². The summed E-state index contributed by atoms with van der Waals surface area (Å²) in [5, 5.41) is 8.04. The largest absolute Gasteiger partial charge is 0.323 e. The molecule has 5 heteroatoms. The zero-order valence-corrected chi connectivity index (χ0v) is 10.6. The molecule has 0 aliphatic heterocycles. The zero-order chi connectivity index (χ0) is 11.5. The number of hydrogen-bond acceptors (Lipinski definition) is 3. The van der Waals surface area contributed by atoms with Gasteiger partial charge in [-0.1, -0.05) is 33.3 Å². The molecule has 0 bridgehead atoms. The van der Waals surface area contributed by atoms with Gasteiger partial charge in [0.15, 0.2) is 0 Å². The standard InChI is InChI=1S/C11H13BrN4/c1-8(13)11-7-16(15-14-11)6-9-2-4-10(12)5-3-9/h2-5,7-8H,6,13H2,1H3. The first-order chi connectivity index (χ1) is 7.65. The number of aromatic nitrogens is 3. The van der Waals surface area contributed by atoms with Crippen LogP contribution in [0.25, 0.3) is 0 Å². The molecule has 4 nitrogen and oxygen atoms in total. The second kappa shape index (κ2) is 4.76. The number of nitrogens with zero attached hydrogens (tertiary/aromatic N) is 3. The second-order valence-electron chi connectivity index (χ2n) is 3.76. The van der Waals surface area contributed by atoms with E-state index >= 15 is 0 Å². The topological polar surface area (TPSA) is 56.7 Å². The van der Waals surface area contributed by atoms with Gasteiger partial charge >= 0.3 is 0 Å². The fraction of sp³-hybridized carbons (Fsp3) is 0.273. The van der Waals surface area contributed by atoms with Gasteiger partial charge in [0.25, 0.3) is 0 Å². The third-order valence-electron chi connectivity index (χ3n) is 2.28. The summed E-state index contributed by atoms with van der Waals surface area (Å²) < 4.78 is 2.87. The van der Waals surface area contributed by atoms with Crippen LogP contribution in [-0.4, -0.2) is 15.0 Å². The summed E-state index contributed by atoms with van der Waals surface area (Å²) in [6.45, 7) is 2.61. The van der Waals surface area contributed by atoms with Crippen LogP contribution in [0, 0.1) is 0 Å². The molecule has 0 radical (unpaired) electrons. The molecule has 0 spiro atoms. The molecule has 0 fully saturated rings. The highest BCUT2D eigenvalue weighted by Gasteiger charge is 2.05. The van der Waals surface area contributed by atoms with Crippen LogP contribution in [0.15, 0.2) is 34.9 Å². The molecule has 2 aromatic rings. The van der Waals surface area contributed by atoms with E-state index < -0.39 is 0 Å². The van der Waals surface area contributed by atoms with E-state index in [0.29, 0.717) is 6.54 Å². The van der Waals surface area contributed by atoms with Gasteiger partial charge in [-0.3, -0.25) is 0 Å². The van der Waals surface area contributed by atoms with Crippen LogP contribution < -0.4 is 5.73 Å². The van der Waals surface area contributed by atoms with E-state index in [2.05, 4.69) is 38.4 Å². The molecule has 84 valence electrons. The Morgan fingerprint density at radius 3 is 2.62 bits per heavy atom. The Balaban J connectivity index is 2.11. The van der Waals surface area contributed by atoms with Crippen molar-refractivity contribution in [1.29, 1.82) is 0 Å². The van der Waals surface area contributed by atoms with E-state index in [4.69, 9.17) is 5.73 Å². The molecule has 2 rings (SSSR count).